The van der Waals surface area contributed by atoms with Gasteiger partial charge in [-0.25, -0.2) is 9.97 Å². The average molecular weight is 480 g/mol. The lowest BCUT2D eigenvalue weighted by Crippen LogP contribution is -2.62. The van der Waals surface area contributed by atoms with Crippen LogP contribution in [0.5, 0.6) is 5.75 Å². The van der Waals surface area contributed by atoms with E-state index in [-0.39, 0.29) is 37.8 Å². The van der Waals surface area contributed by atoms with Crippen molar-refractivity contribution in [3.63, 3.8) is 0 Å². The van der Waals surface area contributed by atoms with Gasteiger partial charge in [0.05, 0.1) is 12.4 Å². The first-order chi connectivity index (χ1) is 15.8. The Hall–Kier alpha value is -2.69. The zero-order chi connectivity index (χ0) is 24.8. The lowest BCUT2D eigenvalue weighted by molar-refractivity contribution is -0.231. The molecule has 1 N–H and O–H groups in total. The zero-order valence-electron chi connectivity index (χ0n) is 19.9. The third-order valence-electron chi connectivity index (χ3n) is 6.53. The average Bonchev–Trinajstić information content (AvgIpc) is 3.39. The number of aromatic nitrogens is 4. The van der Waals surface area contributed by atoms with Crippen molar-refractivity contribution in [3.05, 3.63) is 30.5 Å². The fourth-order valence-corrected chi connectivity index (χ4v) is 5.90. The second-order valence-electron chi connectivity index (χ2n) is 11.0. The first-order valence-corrected chi connectivity index (χ1v) is 11.4. The fourth-order valence-electron chi connectivity index (χ4n) is 5.90. The Kier molecular flexibility index (Phi) is 6.12. The summed E-state index contributed by atoms with van der Waals surface area (Å²) in [5.74, 6) is -4.74. The van der Waals surface area contributed by atoms with Crippen LogP contribution < -0.4 is 4.74 Å². The Labute approximate surface area is 196 Å². The molecule has 1 amide bonds. The van der Waals surface area contributed by atoms with Gasteiger partial charge in [-0.15, -0.1) is 10.2 Å². The minimum absolute atomic E-state index is 0.0544. The summed E-state index contributed by atoms with van der Waals surface area (Å²) in [5.41, 5.74) is -3.50. The largest absolute Gasteiger partial charge is 0.481 e. The fraction of sp³-hybridized carbons (Fsp3) is 0.696. The lowest BCUT2D eigenvalue weighted by Gasteiger charge is -2.51. The van der Waals surface area contributed by atoms with E-state index in [1.165, 1.54) is 18.7 Å². The van der Waals surface area contributed by atoms with Gasteiger partial charge in [0, 0.05) is 6.54 Å². The van der Waals surface area contributed by atoms with Gasteiger partial charge in [-0.3, -0.25) is 4.79 Å². The minimum Gasteiger partial charge on any atom is -0.481 e. The molecule has 0 unspecified atom stereocenters. The number of amides is 1. The Bertz CT molecular complexity index is 1010. The molecule has 9 nitrogen and oxygen atoms in total. The van der Waals surface area contributed by atoms with Crippen molar-refractivity contribution in [3.8, 4) is 5.75 Å². The van der Waals surface area contributed by atoms with Crippen LogP contribution in [0.2, 0.25) is 0 Å². The third-order valence-corrected chi connectivity index (χ3v) is 6.53. The normalized spacial score (nSPS) is 23.6. The van der Waals surface area contributed by atoms with Gasteiger partial charge in [0.1, 0.15) is 18.0 Å². The molecule has 1 saturated carbocycles. The van der Waals surface area contributed by atoms with Crippen LogP contribution in [0, 0.1) is 10.8 Å². The molecule has 1 aliphatic heterocycles. The van der Waals surface area contributed by atoms with Crippen LogP contribution in [0.3, 0.4) is 0 Å². The van der Waals surface area contributed by atoms with Crippen molar-refractivity contribution in [1.82, 2.24) is 25.1 Å². The lowest BCUT2D eigenvalue weighted by atomic mass is 9.58. The summed E-state index contributed by atoms with van der Waals surface area (Å²) in [7, 11) is 0. The number of alkyl halides is 2. The highest BCUT2D eigenvalue weighted by atomic mass is 19.3. The molecule has 0 radical (unpaired) electrons. The van der Waals surface area contributed by atoms with Gasteiger partial charge in [-0.1, -0.05) is 27.7 Å². The van der Waals surface area contributed by atoms with E-state index in [1.807, 2.05) is 27.7 Å². The number of likely N-dealkylation sites (tertiary alicyclic amines) is 1. The predicted octanol–water partition coefficient (Wildman–Crippen LogP) is 3.70. The highest BCUT2D eigenvalue weighted by Crippen LogP contribution is 2.55. The monoisotopic (exact) mass is 479 g/mol. The van der Waals surface area contributed by atoms with Crippen LogP contribution in [-0.4, -0.2) is 54.1 Å². The quantitative estimate of drug-likeness (QED) is 0.667. The molecule has 3 heterocycles. The highest BCUT2D eigenvalue weighted by Gasteiger charge is 2.65. The Morgan fingerprint density at radius 3 is 2.47 bits per heavy atom. The summed E-state index contributed by atoms with van der Waals surface area (Å²) < 4.78 is 42.5. The maximum absolute atomic E-state index is 15.7. The first-order valence-electron chi connectivity index (χ1n) is 11.4. The molecule has 2 fully saturated rings. The number of carbonyl (C=O) groups excluding carboxylic acids is 1. The van der Waals surface area contributed by atoms with Gasteiger partial charge < -0.3 is 19.2 Å². The molecule has 2 aliphatic rings. The van der Waals surface area contributed by atoms with Crippen LogP contribution in [0.1, 0.15) is 77.6 Å². The molecule has 0 aromatic carbocycles. The number of hydrogen-bond acceptors (Lipinski definition) is 8. The molecule has 1 atom stereocenters. The summed E-state index contributed by atoms with van der Waals surface area (Å²) in [6.45, 7) is 7.46. The van der Waals surface area contributed by atoms with E-state index in [0.717, 1.165) is 4.90 Å². The van der Waals surface area contributed by atoms with Crippen LogP contribution in [0.15, 0.2) is 23.1 Å². The highest BCUT2D eigenvalue weighted by molar-refractivity contribution is 5.85. The molecule has 1 saturated heterocycles. The maximum atomic E-state index is 15.7. The van der Waals surface area contributed by atoms with Crippen LogP contribution in [0.25, 0.3) is 0 Å². The number of ether oxygens (including phenoxy) is 1. The summed E-state index contributed by atoms with van der Waals surface area (Å²) in [4.78, 5) is 21.9. The standard InChI is InChI=1S/C23H31F2N5O4/c1-20(2)11-21(3,4)13-22(32,12-20)23(24,25)19(31)30-7-5-6-16(30)18-29-28-17(34-18)10-33-15-8-26-14-27-9-15/h8-9,14,16,32H,5-7,10-13H2,1-4H3/t16-/m0/s1. The molecule has 11 heteroatoms. The Morgan fingerprint density at radius 2 is 1.82 bits per heavy atom. The summed E-state index contributed by atoms with van der Waals surface area (Å²) >= 11 is 0. The maximum Gasteiger partial charge on any atom is 0.352 e. The van der Waals surface area contributed by atoms with E-state index in [1.54, 1.807) is 0 Å². The van der Waals surface area contributed by atoms with Crippen LogP contribution >= 0.6 is 0 Å². The SMILES string of the molecule is CC1(C)CC(C)(C)CC(O)(C(F)(F)C(=O)N2CCC[C@H]2c2nnc(COc3cncnc3)o2)C1. The van der Waals surface area contributed by atoms with Crippen molar-refractivity contribution in [2.24, 2.45) is 10.8 Å². The van der Waals surface area contributed by atoms with Gasteiger partial charge in [-0.05, 0) is 42.9 Å². The van der Waals surface area contributed by atoms with Crippen molar-refractivity contribution < 1.29 is 27.8 Å². The summed E-state index contributed by atoms with van der Waals surface area (Å²) in [5, 5.41) is 19.1. The topological polar surface area (TPSA) is 114 Å². The second kappa shape index (κ2) is 8.51. The van der Waals surface area contributed by atoms with Gasteiger partial charge in [0.25, 0.3) is 11.8 Å². The van der Waals surface area contributed by atoms with Gasteiger partial charge in [-0.2, -0.15) is 8.78 Å². The van der Waals surface area contributed by atoms with Crippen molar-refractivity contribution in [2.45, 2.75) is 84.0 Å². The molecular formula is C23H31F2N5O4. The molecule has 2 aromatic heterocycles. The van der Waals surface area contributed by atoms with E-state index >= 15 is 8.78 Å². The molecule has 4 rings (SSSR count). The molecule has 186 valence electrons. The minimum atomic E-state index is -3.95. The number of hydrogen-bond donors (Lipinski definition) is 1. The van der Waals surface area contributed by atoms with Gasteiger partial charge >= 0.3 is 5.92 Å². The second-order valence-corrected chi connectivity index (χ2v) is 11.0. The van der Waals surface area contributed by atoms with E-state index in [9.17, 15) is 9.90 Å². The van der Waals surface area contributed by atoms with Gasteiger partial charge in [0.15, 0.2) is 12.4 Å². The molecule has 0 spiro atoms. The zero-order valence-corrected chi connectivity index (χ0v) is 19.9. The van der Waals surface area contributed by atoms with Gasteiger partial charge in [0.2, 0.25) is 5.89 Å². The molecular weight excluding hydrogens is 448 g/mol. The van der Waals surface area contributed by atoms with E-state index in [2.05, 4.69) is 20.2 Å². The van der Waals surface area contributed by atoms with Crippen LogP contribution in [0.4, 0.5) is 8.78 Å². The number of halogens is 2. The smallest absolute Gasteiger partial charge is 0.352 e. The molecule has 2 aromatic rings. The molecule has 0 bridgehead atoms. The van der Waals surface area contributed by atoms with E-state index in [0.29, 0.717) is 25.0 Å². The Morgan fingerprint density at radius 1 is 1.18 bits per heavy atom. The molecule has 34 heavy (non-hydrogen) atoms. The number of carbonyl (C=O) groups is 1. The number of nitrogens with zero attached hydrogens (tertiary/aromatic N) is 5. The first kappa shape index (κ1) is 24.4. The number of rotatable bonds is 6. The van der Waals surface area contributed by atoms with Crippen LogP contribution in [-0.2, 0) is 11.4 Å². The van der Waals surface area contributed by atoms with E-state index < -0.39 is 34.3 Å². The van der Waals surface area contributed by atoms with Crippen molar-refractivity contribution >= 4 is 5.91 Å². The third kappa shape index (κ3) is 4.75. The van der Waals surface area contributed by atoms with Crippen molar-refractivity contribution in [2.75, 3.05) is 6.54 Å². The molecule has 1 aliphatic carbocycles. The predicted molar refractivity (Wildman–Crippen MR) is 116 cm³/mol. The number of aliphatic hydroxyl groups is 1. The van der Waals surface area contributed by atoms with Crippen molar-refractivity contribution in [1.29, 1.82) is 0 Å². The summed E-state index contributed by atoms with van der Waals surface area (Å²) in [6.07, 6.45) is 5.60. The van der Waals surface area contributed by atoms with E-state index in [4.69, 9.17) is 9.15 Å². The Balaban J connectivity index is 1.50. The summed E-state index contributed by atoms with van der Waals surface area (Å²) in [6, 6.07) is -0.784.